The lowest BCUT2D eigenvalue weighted by Crippen LogP contribution is -2.45. The zero-order valence-electron chi connectivity index (χ0n) is 10.8. The van der Waals surface area contributed by atoms with E-state index in [2.05, 4.69) is 5.32 Å². The number of hydrogen-bond donors (Lipinski definition) is 1. The summed E-state index contributed by atoms with van der Waals surface area (Å²) in [5.74, 6) is 0. The van der Waals surface area contributed by atoms with Crippen molar-refractivity contribution in [3.8, 4) is 0 Å². The molecule has 4 nitrogen and oxygen atoms in total. The minimum Gasteiger partial charge on any atom is -0.382 e. The molecule has 0 aliphatic heterocycles. The van der Waals surface area contributed by atoms with E-state index < -0.39 is 9.84 Å². The van der Waals surface area contributed by atoms with Crippen LogP contribution < -0.4 is 5.32 Å². The van der Waals surface area contributed by atoms with Crippen molar-refractivity contribution in [1.29, 1.82) is 0 Å². The Hall–Kier alpha value is -1.07. The SMILES string of the molecule is COC1(CNc2ccc(S(C)(=O)=O)cc2)CCC1. The molecule has 1 aliphatic rings. The fraction of sp³-hybridized carbons (Fsp3) is 0.538. The Kier molecular flexibility index (Phi) is 3.64. The monoisotopic (exact) mass is 269 g/mol. The minimum absolute atomic E-state index is 0.0322. The van der Waals surface area contributed by atoms with Gasteiger partial charge < -0.3 is 10.1 Å². The molecule has 1 aliphatic carbocycles. The van der Waals surface area contributed by atoms with Gasteiger partial charge in [0.1, 0.15) is 0 Å². The van der Waals surface area contributed by atoms with Crippen molar-refractivity contribution in [2.24, 2.45) is 0 Å². The van der Waals surface area contributed by atoms with Gasteiger partial charge in [0.2, 0.25) is 0 Å². The van der Waals surface area contributed by atoms with Crippen LogP contribution in [0.3, 0.4) is 0 Å². The molecule has 1 aromatic carbocycles. The van der Waals surface area contributed by atoms with Gasteiger partial charge in [0.25, 0.3) is 0 Å². The Morgan fingerprint density at radius 1 is 1.28 bits per heavy atom. The standard InChI is InChI=1S/C13H19NO3S/c1-17-13(8-3-9-13)10-14-11-4-6-12(7-5-11)18(2,15)16/h4-7,14H,3,8-10H2,1-2H3. The van der Waals surface area contributed by atoms with Crippen molar-refractivity contribution in [3.05, 3.63) is 24.3 Å². The maximum atomic E-state index is 11.3. The number of benzene rings is 1. The van der Waals surface area contributed by atoms with Gasteiger partial charge in [0.15, 0.2) is 9.84 Å². The molecule has 18 heavy (non-hydrogen) atoms. The maximum Gasteiger partial charge on any atom is 0.175 e. The van der Waals surface area contributed by atoms with E-state index in [1.54, 1.807) is 31.4 Å². The Morgan fingerprint density at radius 2 is 1.89 bits per heavy atom. The highest BCUT2D eigenvalue weighted by atomic mass is 32.2. The molecule has 0 heterocycles. The molecule has 1 saturated carbocycles. The second kappa shape index (κ2) is 4.90. The molecule has 1 fully saturated rings. The van der Waals surface area contributed by atoms with Crippen LogP contribution in [0.15, 0.2) is 29.2 Å². The molecule has 0 radical (unpaired) electrons. The van der Waals surface area contributed by atoms with Gasteiger partial charge >= 0.3 is 0 Å². The molecular formula is C13H19NO3S. The third-order valence-corrected chi connectivity index (χ3v) is 4.72. The number of sulfone groups is 1. The number of nitrogens with one attached hydrogen (secondary N) is 1. The molecule has 0 aromatic heterocycles. The van der Waals surface area contributed by atoms with Crippen LogP contribution in [0, 0.1) is 0 Å². The quantitative estimate of drug-likeness (QED) is 0.889. The molecule has 0 bridgehead atoms. The van der Waals surface area contributed by atoms with E-state index in [1.165, 1.54) is 12.7 Å². The molecule has 1 N–H and O–H groups in total. The summed E-state index contributed by atoms with van der Waals surface area (Å²) in [6.07, 6.45) is 4.59. The lowest BCUT2D eigenvalue weighted by atomic mass is 9.80. The molecule has 0 atom stereocenters. The first-order valence-electron chi connectivity index (χ1n) is 6.04. The van der Waals surface area contributed by atoms with Crippen LogP contribution in [0.25, 0.3) is 0 Å². The van der Waals surface area contributed by atoms with Crippen LogP contribution in [0.4, 0.5) is 5.69 Å². The largest absolute Gasteiger partial charge is 0.382 e. The van der Waals surface area contributed by atoms with Crippen molar-refractivity contribution >= 4 is 15.5 Å². The molecule has 5 heteroatoms. The first kappa shape index (κ1) is 13.4. The van der Waals surface area contributed by atoms with Crippen molar-refractivity contribution in [2.75, 3.05) is 25.2 Å². The number of anilines is 1. The van der Waals surface area contributed by atoms with Gasteiger partial charge in [-0.2, -0.15) is 0 Å². The summed E-state index contributed by atoms with van der Waals surface area (Å²) in [6.45, 7) is 0.766. The van der Waals surface area contributed by atoms with Crippen LogP contribution in [0.2, 0.25) is 0 Å². The Morgan fingerprint density at radius 3 is 2.28 bits per heavy atom. The Labute approximate surface area is 108 Å². The van der Waals surface area contributed by atoms with E-state index in [9.17, 15) is 8.42 Å². The van der Waals surface area contributed by atoms with E-state index in [4.69, 9.17) is 4.74 Å². The van der Waals surface area contributed by atoms with Crippen LogP contribution in [-0.4, -0.2) is 33.9 Å². The van der Waals surface area contributed by atoms with Crippen molar-refractivity contribution in [3.63, 3.8) is 0 Å². The van der Waals surface area contributed by atoms with Gasteiger partial charge in [-0.1, -0.05) is 0 Å². The molecule has 2 rings (SSSR count). The average molecular weight is 269 g/mol. The number of methoxy groups -OCH3 is 1. The van der Waals surface area contributed by atoms with E-state index >= 15 is 0 Å². The number of rotatable bonds is 5. The molecular weight excluding hydrogens is 250 g/mol. The summed E-state index contributed by atoms with van der Waals surface area (Å²) >= 11 is 0. The summed E-state index contributed by atoms with van der Waals surface area (Å²) < 4.78 is 28.2. The van der Waals surface area contributed by atoms with Gasteiger partial charge in [-0.25, -0.2) is 8.42 Å². The lowest BCUT2D eigenvalue weighted by Gasteiger charge is -2.40. The molecule has 0 saturated heterocycles. The summed E-state index contributed by atoms with van der Waals surface area (Å²) in [5, 5.41) is 3.30. The average Bonchev–Trinajstić information content (AvgIpc) is 2.28. The van der Waals surface area contributed by atoms with Crippen LogP contribution in [-0.2, 0) is 14.6 Å². The Bertz CT molecular complexity index is 498. The molecule has 0 unspecified atom stereocenters. The summed E-state index contributed by atoms with van der Waals surface area (Å²) in [4.78, 5) is 0.346. The normalized spacial score (nSPS) is 18.1. The molecule has 100 valence electrons. The topological polar surface area (TPSA) is 55.4 Å². The van der Waals surface area contributed by atoms with Crippen LogP contribution in [0.1, 0.15) is 19.3 Å². The Balaban J connectivity index is 1.99. The molecule has 1 aromatic rings. The highest BCUT2D eigenvalue weighted by Crippen LogP contribution is 2.35. The van der Waals surface area contributed by atoms with Crippen LogP contribution >= 0.6 is 0 Å². The predicted octanol–water partition coefficient (Wildman–Crippen LogP) is 2.07. The zero-order chi connectivity index (χ0) is 13.2. The van der Waals surface area contributed by atoms with Gasteiger partial charge in [0, 0.05) is 25.6 Å². The van der Waals surface area contributed by atoms with Crippen molar-refractivity contribution < 1.29 is 13.2 Å². The van der Waals surface area contributed by atoms with Gasteiger partial charge in [-0.15, -0.1) is 0 Å². The highest BCUT2D eigenvalue weighted by Gasteiger charge is 2.36. The molecule has 0 spiro atoms. The second-order valence-electron chi connectivity index (χ2n) is 4.89. The zero-order valence-corrected chi connectivity index (χ0v) is 11.6. The van der Waals surface area contributed by atoms with E-state index in [0.717, 1.165) is 25.1 Å². The number of ether oxygens (including phenoxy) is 1. The fourth-order valence-corrected chi connectivity index (χ4v) is 2.74. The van der Waals surface area contributed by atoms with Crippen molar-refractivity contribution in [1.82, 2.24) is 0 Å². The van der Waals surface area contributed by atoms with E-state index in [1.807, 2.05) is 0 Å². The summed E-state index contributed by atoms with van der Waals surface area (Å²) in [7, 11) is -1.37. The van der Waals surface area contributed by atoms with Gasteiger partial charge in [-0.05, 0) is 43.5 Å². The maximum absolute atomic E-state index is 11.3. The highest BCUT2D eigenvalue weighted by molar-refractivity contribution is 7.90. The molecule has 0 amide bonds. The third kappa shape index (κ3) is 2.84. The van der Waals surface area contributed by atoms with Crippen LogP contribution in [0.5, 0.6) is 0 Å². The predicted molar refractivity (Wildman–Crippen MR) is 71.6 cm³/mol. The first-order chi connectivity index (χ1) is 8.45. The van der Waals surface area contributed by atoms with E-state index in [-0.39, 0.29) is 5.60 Å². The smallest absolute Gasteiger partial charge is 0.175 e. The van der Waals surface area contributed by atoms with Gasteiger partial charge in [0.05, 0.1) is 10.5 Å². The lowest BCUT2D eigenvalue weighted by molar-refractivity contribution is -0.0601. The number of hydrogen-bond acceptors (Lipinski definition) is 4. The summed E-state index contributed by atoms with van der Waals surface area (Å²) in [5.41, 5.74) is 0.890. The second-order valence-corrected chi connectivity index (χ2v) is 6.91. The minimum atomic E-state index is -3.11. The fourth-order valence-electron chi connectivity index (χ4n) is 2.11. The van der Waals surface area contributed by atoms with E-state index in [0.29, 0.717) is 4.90 Å². The third-order valence-electron chi connectivity index (χ3n) is 3.59. The van der Waals surface area contributed by atoms with Crippen molar-refractivity contribution in [2.45, 2.75) is 29.8 Å². The van der Waals surface area contributed by atoms with Gasteiger partial charge in [-0.3, -0.25) is 0 Å². The first-order valence-corrected chi connectivity index (χ1v) is 7.94. The summed E-state index contributed by atoms with van der Waals surface area (Å²) in [6, 6.07) is 6.83.